The number of anilines is 1. The summed E-state index contributed by atoms with van der Waals surface area (Å²) in [6.45, 7) is 2.40. The largest absolute Gasteiger partial charge is 0.416 e. The molecule has 0 unspecified atom stereocenters. The molecule has 5 nitrogen and oxygen atoms in total. The lowest BCUT2D eigenvalue weighted by molar-refractivity contribution is -0.137. The third kappa shape index (κ3) is 3.01. The number of benzene rings is 1. The lowest BCUT2D eigenvalue weighted by Gasteiger charge is -2.32. The summed E-state index contributed by atoms with van der Waals surface area (Å²) in [6.07, 6.45) is -2.84. The Morgan fingerprint density at radius 3 is 2.46 bits per heavy atom. The number of aromatic nitrogens is 2. The van der Waals surface area contributed by atoms with Crippen molar-refractivity contribution >= 4 is 25.1 Å². The molecule has 9 heteroatoms. The molecular formula is C15H17F3N4OS. The number of hydrogen-bond acceptors (Lipinski definition) is 3. The Hall–Kier alpha value is -2.00. The average Bonchev–Trinajstić information content (AvgIpc) is 2.95. The molecule has 1 aliphatic heterocycles. The summed E-state index contributed by atoms with van der Waals surface area (Å²) >= 11 is 0. The van der Waals surface area contributed by atoms with Gasteiger partial charge in [0.2, 0.25) is 0 Å². The van der Waals surface area contributed by atoms with Crippen LogP contribution in [0.1, 0.15) is 34.6 Å². The van der Waals surface area contributed by atoms with Crippen LogP contribution in [-0.2, 0) is 12.7 Å². The van der Waals surface area contributed by atoms with Gasteiger partial charge in [0.15, 0.2) is 0 Å². The van der Waals surface area contributed by atoms with Crippen LogP contribution in [0.5, 0.6) is 0 Å². The van der Waals surface area contributed by atoms with E-state index < -0.39 is 11.7 Å². The predicted octanol–water partition coefficient (Wildman–Crippen LogP) is 2.69. The predicted molar refractivity (Wildman–Crippen MR) is 88.3 cm³/mol. The molecule has 1 aliphatic rings. The molecule has 1 aromatic heterocycles. The monoisotopic (exact) mass is 358 g/mol. The van der Waals surface area contributed by atoms with Crippen LogP contribution in [-0.4, -0.2) is 22.2 Å². The maximum Gasteiger partial charge on any atom is 0.416 e. The van der Waals surface area contributed by atoms with E-state index in [1.807, 2.05) is 6.92 Å². The van der Waals surface area contributed by atoms with Crippen LogP contribution in [0.2, 0.25) is 0 Å². The molecule has 1 amide bonds. The highest BCUT2D eigenvalue weighted by Gasteiger charge is 2.34. The van der Waals surface area contributed by atoms with Crippen LogP contribution in [0.25, 0.3) is 0 Å². The summed E-state index contributed by atoms with van der Waals surface area (Å²) in [4.78, 5) is 14.1. The van der Waals surface area contributed by atoms with E-state index in [4.69, 9.17) is 5.73 Å². The van der Waals surface area contributed by atoms with Crippen LogP contribution in [0, 0.1) is 0 Å². The van der Waals surface area contributed by atoms with E-state index in [0.29, 0.717) is 23.5 Å². The molecule has 2 aromatic rings. The summed E-state index contributed by atoms with van der Waals surface area (Å²) in [6, 6.07) is 4.47. The van der Waals surface area contributed by atoms with E-state index in [1.165, 1.54) is 17.0 Å². The lowest BCUT2D eigenvalue weighted by Crippen LogP contribution is -2.43. The van der Waals surface area contributed by atoms with E-state index in [1.54, 1.807) is 10.9 Å². The van der Waals surface area contributed by atoms with Crippen LogP contribution in [0.4, 0.5) is 18.9 Å². The zero-order chi connectivity index (χ0) is 16.8. The molecule has 0 spiro atoms. The molecule has 1 atom stereocenters. The summed E-state index contributed by atoms with van der Waals surface area (Å²) < 4.78 is 39.6. The fourth-order valence-electron chi connectivity index (χ4n) is 2.72. The molecule has 0 radical (unpaired) electrons. The molecular weight excluding hydrogens is 341 g/mol. The van der Waals surface area contributed by atoms with E-state index in [9.17, 15) is 18.0 Å². The molecule has 0 aliphatic carbocycles. The minimum atomic E-state index is -4.40. The Morgan fingerprint density at radius 1 is 1.29 bits per heavy atom. The number of hydrogen-bond donors (Lipinski definition) is 1. The van der Waals surface area contributed by atoms with Crippen molar-refractivity contribution in [2.75, 3.05) is 11.4 Å². The Morgan fingerprint density at radius 2 is 1.92 bits per heavy atom. The quantitative estimate of drug-likeness (QED) is 0.898. The highest BCUT2D eigenvalue weighted by Crippen LogP contribution is 2.32. The van der Waals surface area contributed by atoms with Crippen molar-refractivity contribution in [1.82, 2.24) is 9.78 Å². The van der Waals surface area contributed by atoms with Crippen LogP contribution in [0.3, 0.4) is 0 Å². The summed E-state index contributed by atoms with van der Waals surface area (Å²) in [5.74, 6) is -0.305. The van der Waals surface area contributed by atoms with Gasteiger partial charge in [-0.25, -0.2) is 0 Å². The van der Waals surface area contributed by atoms with Gasteiger partial charge in [0.25, 0.3) is 5.91 Å². The first-order valence-electron chi connectivity index (χ1n) is 7.08. The van der Waals surface area contributed by atoms with Crippen molar-refractivity contribution in [2.45, 2.75) is 25.7 Å². The topological polar surface area (TPSA) is 64.2 Å². The Labute approximate surface area is 143 Å². The number of nitrogens with zero attached hydrogens (tertiary/aromatic N) is 3. The first-order valence-corrected chi connectivity index (χ1v) is 7.08. The zero-order valence-corrected chi connectivity index (χ0v) is 13.8. The van der Waals surface area contributed by atoms with Crippen LogP contribution >= 0.6 is 13.5 Å². The fourth-order valence-corrected chi connectivity index (χ4v) is 2.72. The molecule has 2 heterocycles. The Balaban J connectivity index is 0.00000208. The van der Waals surface area contributed by atoms with Gasteiger partial charge >= 0.3 is 6.18 Å². The van der Waals surface area contributed by atoms with Gasteiger partial charge in [-0.2, -0.15) is 31.8 Å². The molecule has 0 saturated heterocycles. The molecule has 24 heavy (non-hydrogen) atoms. The van der Waals surface area contributed by atoms with Crippen molar-refractivity contribution in [2.24, 2.45) is 5.73 Å². The number of alkyl halides is 3. The summed E-state index contributed by atoms with van der Waals surface area (Å²) in [5, 5.41) is 4.17. The van der Waals surface area contributed by atoms with E-state index in [0.717, 1.165) is 12.1 Å². The number of carbonyl (C=O) groups is 1. The first-order chi connectivity index (χ1) is 10.8. The molecule has 0 bridgehead atoms. The summed E-state index contributed by atoms with van der Waals surface area (Å²) in [7, 11) is 0. The second-order valence-electron chi connectivity index (χ2n) is 5.48. The highest BCUT2D eigenvalue weighted by atomic mass is 32.1. The Kier molecular flexibility index (Phi) is 4.95. The van der Waals surface area contributed by atoms with Crippen molar-refractivity contribution in [3.05, 3.63) is 47.3 Å². The van der Waals surface area contributed by atoms with Gasteiger partial charge in [-0.05, 0) is 31.2 Å². The first kappa shape index (κ1) is 18.3. The molecule has 3 rings (SSSR count). The van der Waals surface area contributed by atoms with Crippen molar-refractivity contribution < 1.29 is 18.0 Å². The van der Waals surface area contributed by atoms with Crippen molar-refractivity contribution in [3.8, 4) is 0 Å². The molecule has 0 fully saturated rings. The molecule has 130 valence electrons. The van der Waals surface area contributed by atoms with Gasteiger partial charge < -0.3 is 10.6 Å². The van der Waals surface area contributed by atoms with Crippen molar-refractivity contribution in [3.63, 3.8) is 0 Å². The number of halogens is 3. The second-order valence-corrected chi connectivity index (χ2v) is 5.48. The smallest absolute Gasteiger partial charge is 0.326 e. The van der Waals surface area contributed by atoms with Gasteiger partial charge in [-0.3, -0.25) is 9.48 Å². The third-order valence-electron chi connectivity index (χ3n) is 3.91. The molecule has 1 aromatic carbocycles. The SMILES string of the molecule is C[C@H]1CN(c2ccc(C(F)(F)F)cc2)C(=O)c2c(CN)cnn21.S. The fraction of sp³-hybridized carbons (Fsp3) is 0.333. The number of amides is 1. The third-order valence-corrected chi connectivity index (χ3v) is 3.91. The average molecular weight is 358 g/mol. The Bertz CT molecular complexity index is 742. The van der Waals surface area contributed by atoms with Gasteiger partial charge in [0.1, 0.15) is 5.69 Å². The number of rotatable bonds is 2. The number of fused-ring (bicyclic) bond motifs is 1. The van der Waals surface area contributed by atoms with Gasteiger partial charge in [0, 0.05) is 24.3 Å². The lowest BCUT2D eigenvalue weighted by atomic mass is 10.1. The van der Waals surface area contributed by atoms with Crippen LogP contribution < -0.4 is 10.6 Å². The normalized spacial score (nSPS) is 17.5. The molecule has 0 saturated carbocycles. The number of carbonyl (C=O) groups excluding carboxylic acids is 1. The standard InChI is InChI=1S/C15H15F3N4O.H2S/c1-9-8-21(12-4-2-11(3-5-12)15(16,17)18)14(23)13-10(6-19)7-20-22(9)13;/h2-5,7,9H,6,8,19H2,1H3;1H2/t9-;/m0./s1. The number of nitrogens with two attached hydrogens (primary N) is 1. The maximum absolute atomic E-state index is 12.7. The van der Waals surface area contributed by atoms with Gasteiger partial charge in [-0.15, -0.1) is 0 Å². The second kappa shape index (κ2) is 6.48. The van der Waals surface area contributed by atoms with Gasteiger partial charge in [-0.1, -0.05) is 0 Å². The molecule has 2 N–H and O–H groups in total. The van der Waals surface area contributed by atoms with Crippen LogP contribution in [0.15, 0.2) is 30.5 Å². The maximum atomic E-state index is 12.7. The minimum Gasteiger partial charge on any atom is -0.326 e. The highest BCUT2D eigenvalue weighted by molar-refractivity contribution is 7.59. The zero-order valence-electron chi connectivity index (χ0n) is 12.8. The van der Waals surface area contributed by atoms with Gasteiger partial charge in [0.05, 0.1) is 17.8 Å². The van der Waals surface area contributed by atoms with E-state index in [2.05, 4.69) is 5.10 Å². The minimum absolute atomic E-state index is 0. The van der Waals surface area contributed by atoms with E-state index >= 15 is 0 Å². The summed E-state index contributed by atoms with van der Waals surface area (Å²) in [5.41, 5.74) is 6.32. The van der Waals surface area contributed by atoms with E-state index in [-0.39, 0.29) is 32.0 Å². The van der Waals surface area contributed by atoms with Crippen molar-refractivity contribution in [1.29, 1.82) is 0 Å².